The Morgan fingerprint density at radius 2 is 0.895 bits per heavy atom. The van der Waals surface area contributed by atoms with Gasteiger partial charge in [-0.2, -0.15) is 0 Å². The molecule has 2 nitrogen and oxygen atoms in total. The van der Waals surface area contributed by atoms with E-state index in [0.29, 0.717) is 0 Å². The molecule has 0 bridgehead atoms. The minimum atomic E-state index is -0.172. The summed E-state index contributed by atoms with van der Waals surface area (Å²) in [5, 5.41) is 8.35. The van der Waals surface area contributed by atoms with Crippen LogP contribution in [0.2, 0.25) is 0 Å². The molecule has 5 aromatic rings. The lowest BCUT2D eigenvalue weighted by Crippen LogP contribution is -2.02. The number of fused-ring (bicyclic) bond motifs is 4. The summed E-state index contributed by atoms with van der Waals surface area (Å²) in [4.78, 5) is 0. The van der Waals surface area contributed by atoms with Gasteiger partial charge in [0.2, 0.25) is 0 Å². The molecule has 0 saturated carbocycles. The van der Waals surface area contributed by atoms with Gasteiger partial charge in [0.1, 0.15) is 11.5 Å². The molecule has 0 heterocycles. The average molecular weight is 499 g/mol. The zero-order valence-corrected chi connectivity index (χ0v) is 23.6. The zero-order chi connectivity index (χ0) is 27.2. The highest BCUT2D eigenvalue weighted by atomic mass is 16.5. The molecule has 0 fully saturated rings. The van der Waals surface area contributed by atoms with Crippen LogP contribution in [0.1, 0.15) is 52.7 Å². The van der Waals surface area contributed by atoms with E-state index in [-0.39, 0.29) is 10.8 Å². The summed E-state index contributed by atoms with van der Waals surface area (Å²) in [7, 11) is 3.47. The molecule has 0 unspecified atom stereocenters. The van der Waals surface area contributed by atoms with Crippen molar-refractivity contribution in [2.75, 3.05) is 14.2 Å². The summed E-state index contributed by atoms with van der Waals surface area (Å²) in [5.74, 6) is 15.8. The van der Waals surface area contributed by atoms with Crippen molar-refractivity contribution in [2.24, 2.45) is 10.8 Å². The maximum absolute atomic E-state index is 6.18. The number of benzene rings is 5. The van der Waals surface area contributed by atoms with Crippen LogP contribution in [0.4, 0.5) is 0 Å². The second-order valence-corrected chi connectivity index (χ2v) is 11.9. The summed E-state index contributed by atoms with van der Waals surface area (Å²) in [6.45, 7) is 12.8. The first-order valence-electron chi connectivity index (χ1n) is 13.0. The zero-order valence-electron chi connectivity index (χ0n) is 23.6. The van der Waals surface area contributed by atoms with Crippen LogP contribution in [-0.2, 0) is 0 Å². The smallest absolute Gasteiger partial charge is 0.136 e. The summed E-state index contributed by atoms with van der Waals surface area (Å²) in [6.07, 6.45) is 0. The third-order valence-corrected chi connectivity index (χ3v) is 6.58. The first-order chi connectivity index (χ1) is 18.0. The Balaban J connectivity index is 2.18. The fraction of sp³-hybridized carbons (Fsp3) is 0.278. The Morgan fingerprint density at radius 1 is 0.526 bits per heavy atom. The van der Waals surface area contributed by atoms with E-state index in [0.717, 1.165) is 54.9 Å². The van der Waals surface area contributed by atoms with Crippen molar-refractivity contribution in [3.63, 3.8) is 0 Å². The molecule has 0 aliphatic carbocycles. The summed E-state index contributed by atoms with van der Waals surface area (Å²) < 4.78 is 12.4. The Kier molecular flexibility index (Phi) is 6.25. The minimum Gasteiger partial charge on any atom is -0.495 e. The first kappa shape index (κ1) is 25.5. The molecule has 0 saturated heterocycles. The van der Waals surface area contributed by atoms with Gasteiger partial charge in [0, 0.05) is 43.5 Å². The van der Waals surface area contributed by atoms with Gasteiger partial charge in [0.25, 0.3) is 0 Å². The van der Waals surface area contributed by atoms with Gasteiger partial charge in [-0.15, -0.1) is 0 Å². The number of rotatable bonds is 2. The summed E-state index contributed by atoms with van der Waals surface area (Å²) >= 11 is 0. The normalized spacial score (nSPS) is 11.8. The van der Waals surface area contributed by atoms with Gasteiger partial charge in [-0.3, -0.25) is 0 Å². The van der Waals surface area contributed by atoms with Crippen LogP contribution in [0.25, 0.3) is 43.1 Å². The maximum atomic E-state index is 6.18. The van der Waals surface area contributed by atoms with Crippen LogP contribution in [0, 0.1) is 34.5 Å². The van der Waals surface area contributed by atoms with Crippen LogP contribution in [-0.4, -0.2) is 14.2 Å². The van der Waals surface area contributed by atoms with Crippen molar-refractivity contribution < 1.29 is 9.47 Å². The average Bonchev–Trinajstić information content (AvgIpc) is 2.87. The summed E-state index contributed by atoms with van der Waals surface area (Å²) in [5.41, 5.74) is 1.54. The predicted octanol–water partition coefficient (Wildman–Crippen LogP) is 9.11. The van der Waals surface area contributed by atoms with Crippen molar-refractivity contribution in [3.05, 3.63) is 71.8 Å². The molecule has 5 rings (SSSR count). The second-order valence-electron chi connectivity index (χ2n) is 11.9. The van der Waals surface area contributed by atoms with E-state index in [1.54, 1.807) is 14.2 Å². The molecular weight excluding hydrogens is 464 g/mol. The van der Waals surface area contributed by atoms with Gasteiger partial charge in [-0.1, -0.05) is 72.2 Å². The standard InChI is InChI=1S/C36H34O2/c1-35(2,3)19-17-25-29-21-23-13-9-10-14-24(23)22-30(29)26(18-20-36(4,5)6)32-31(25)33(37-7)27-15-11-12-16-28(27)34(32)38-8/h9-16,21-22H,1-8H3. The van der Waals surface area contributed by atoms with E-state index in [1.807, 2.05) is 12.1 Å². The van der Waals surface area contributed by atoms with Crippen molar-refractivity contribution in [1.29, 1.82) is 0 Å². The van der Waals surface area contributed by atoms with E-state index in [9.17, 15) is 0 Å². The van der Waals surface area contributed by atoms with Crippen molar-refractivity contribution >= 4 is 43.1 Å². The molecular formula is C36H34O2. The van der Waals surface area contributed by atoms with Crippen LogP contribution in [0.3, 0.4) is 0 Å². The van der Waals surface area contributed by atoms with Crippen LogP contribution in [0.5, 0.6) is 11.5 Å². The number of ether oxygens (including phenoxy) is 2. The van der Waals surface area contributed by atoms with Crippen molar-refractivity contribution in [3.8, 4) is 35.2 Å². The topological polar surface area (TPSA) is 18.5 Å². The fourth-order valence-corrected chi connectivity index (χ4v) is 4.96. The Bertz CT molecular complexity index is 1720. The lowest BCUT2D eigenvalue weighted by molar-refractivity contribution is 0.417. The van der Waals surface area contributed by atoms with E-state index >= 15 is 0 Å². The largest absolute Gasteiger partial charge is 0.495 e. The quantitative estimate of drug-likeness (QED) is 0.178. The highest BCUT2D eigenvalue weighted by Gasteiger charge is 2.24. The number of hydrogen-bond donors (Lipinski definition) is 0. The van der Waals surface area contributed by atoms with Gasteiger partial charge in [0.15, 0.2) is 0 Å². The van der Waals surface area contributed by atoms with Gasteiger partial charge in [-0.05, 0) is 75.2 Å². The molecule has 190 valence electrons. The van der Waals surface area contributed by atoms with Crippen LogP contribution in [0.15, 0.2) is 60.7 Å². The second kappa shape index (κ2) is 9.31. The molecule has 0 spiro atoms. The van der Waals surface area contributed by atoms with E-state index in [4.69, 9.17) is 9.47 Å². The maximum Gasteiger partial charge on any atom is 0.136 e. The first-order valence-corrected chi connectivity index (χ1v) is 13.0. The van der Waals surface area contributed by atoms with Gasteiger partial charge < -0.3 is 9.47 Å². The Morgan fingerprint density at radius 3 is 1.24 bits per heavy atom. The van der Waals surface area contributed by atoms with Crippen LogP contribution >= 0.6 is 0 Å². The molecule has 0 amide bonds. The minimum absolute atomic E-state index is 0.172. The summed E-state index contributed by atoms with van der Waals surface area (Å²) in [6, 6.07) is 21.2. The predicted molar refractivity (Wildman–Crippen MR) is 162 cm³/mol. The molecule has 2 heteroatoms. The van der Waals surface area contributed by atoms with Crippen LogP contribution < -0.4 is 9.47 Å². The van der Waals surface area contributed by atoms with Gasteiger partial charge in [0.05, 0.1) is 14.2 Å². The molecule has 0 aliphatic rings. The SMILES string of the molecule is COc1c2ccccc2c(OC)c2c(C#CC(C)(C)C)c3cc4ccccc4cc3c(C#CC(C)(C)C)c12. The Labute approximate surface area is 225 Å². The van der Waals surface area contributed by atoms with Gasteiger partial charge >= 0.3 is 0 Å². The highest BCUT2D eigenvalue weighted by Crippen LogP contribution is 2.48. The Hall–Kier alpha value is -4.14. The van der Waals surface area contributed by atoms with Gasteiger partial charge in [-0.25, -0.2) is 0 Å². The molecule has 0 radical (unpaired) electrons. The third-order valence-electron chi connectivity index (χ3n) is 6.58. The lowest BCUT2D eigenvalue weighted by atomic mass is 9.86. The molecule has 38 heavy (non-hydrogen) atoms. The van der Waals surface area contributed by atoms with E-state index in [1.165, 1.54) is 10.8 Å². The van der Waals surface area contributed by atoms with Crippen molar-refractivity contribution in [1.82, 2.24) is 0 Å². The molecule has 0 aliphatic heterocycles. The lowest BCUT2D eigenvalue weighted by Gasteiger charge is -2.20. The third kappa shape index (κ3) is 4.53. The van der Waals surface area contributed by atoms with E-state index in [2.05, 4.69) is 114 Å². The number of hydrogen-bond acceptors (Lipinski definition) is 2. The molecule has 5 aromatic carbocycles. The monoisotopic (exact) mass is 498 g/mol. The number of methoxy groups -OCH3 is 2. The molecule has 0 atom stereocenters. The molecule has 0 N–H and O–H groups in total. The highest BCUT2D eigenvalue weighted by molar-refractivity contribution is 6.22. The van der Waals surface area contributed by atoms with Crippen molar-refractivity contribution in [2.45, 2.75) is 41.5 Å². The van der Waals surface area contributed by atoms with E-state index < -0.39 is 0 Å². The molecule has 0 aromatic heterocycles. The fourth-order valence-electron chi connectivity index (χ4n) is 4.96.